The lowest BCUT2D eigenvalue weighted by molar-refractivity contribution is -0.0148. The van der Waals surface area contributed by atoms with Crippen LogP contribution in [0.1, 0.15) is 13.3 Å². The minimum atomic E-state index is -5.38. The summed E-state index contributed by atoms with van der Waals surface area (Å²) in [5.41, 5.74) is -4.91. The fourth-order valence-electron chi connectivity index (χ4n) is 0.727. The van der Waals surface area contributed by atoms with Crippen LogP contribution < -0.4 is 0 Å². The molecule has 5 N–H and O–H groups in total. The molecule has 17 heavy (non-hydrogen) atoms. The molecule has 0 radical (unpaired) electrons. The second kappa shape index (κ2) is 5.86. The highest BCUT2D eigenvalue weighted by atomic mass is 31.2. The van der Waals surface area contributed by atoms with Crippen molar-refractivity contribution in [2.24, 2.45) is 0 Å². The number of hydrogen-bond acceptors (Lipinski definition) is 5. The maximum absolute atomic E-state index is 12.9. The molecular weight excluding hydrogens is 281 g/mol. The number of hydrogen-bond donors (Lipinski definition) is 5. The number of aliphatic hydroxyl groups is 2. The molecule has 0 saturated heterocycles. The minimum Gasteiger partial charge on any atom is -0.393 e. The van der Waals surface area contributed by atoms with E-state index in [1.807, 2.05) is 0 Å². The molecule has 11 heteroatoms. The van der Waals surface area contributed by atoms with E-state index in [4.69, 9.17) is 19.8 Å². The molecular formula is C6H15FO8P2. The topological polar surface area (TPSA) is 145 Å². The van der Waals surface area contributed by atoms with E-state index in [-0.39, 0.29) is 6.42 Å². The molecule has 104 valence electrons. The largest absolute Gasteiger partial charge is 0.393 e. The lowest BCUT2D eigenvalue weighted by atomic mass is 10.1. The van der Waals surface area contributed by atoms with Crippen LogP contribution in [0.3, 0.4) is 0 Å². The van der Waals surface area contributed by atoms with Crippen LogP contribution >= 0.6 is 15.2 Å². The van der Waals surface area contributed by atoms with Gasteiger partial charge in [0.25, 0.3) is 5.65 Å². The van der Waals surface area contributed by atoms with Crippen molar-refractivity contribution in [3.63, 3.8) is 0 Å². The fourth-order valence-corrected chi connectivity index (χ4v) is 2.92. The van der Waals surface area contributed by atoms with Crippen molar-refractivity contribution >= 4 is 15.2 Å². The number of rotatable bonds is 7. The van der Waals surface area contributed by atoms with Gasteiger partial charge in [-0.2, -0.15) is 0 Å². The molecule has 0 saturated carbocycles. The monoisotopic (exact) mass is 296 g/mol. The first-order valence-corrected chi connectivity index (χ1v) is 7.75. The first kappa shape index (κ1) is 17.2. The van der Waals surface area contributed by atoms with Gasteiger partial charge in [0.15, 0.2) is 0 Å². The molecule has 8 nitrogen and oxygen atoms in total. The highest BCUT2D eigenvalue weighted by Gasteiger charge is 2.46. The Balaban J connectivity index is 4.39. The summed E-state index contributed by atoms with van der Waals surface area (Å²) < 4.78 is 38.5. The van der Waals surface area contributed by atoms with E-state index >= 15 is 0 Å². The zero-order valence-electron chi connectivity index (χ0n) is 8.93. The zero-order valence-corrected chi connectivity index (χ0v) is 10.7. The Hall–Kier alpha value is 0.150. The number of aliphatic hydroxyl groups excluding tert-OH is 1. The molecule has 0 aliphatic heterocycles. The van der Waals surface area contributed by atoms with Crippen molar-refractivity contribution in [3.05, 3.63) is 0 Å². The molecule has 0 amide bonds. The van der Waals surface area contributed by atoms with E-state index in [0.717, 1.165) is 0 Å². The molecule has 0 aromatic heterocycles. The van der Waals surface area contributed by atoms with Gasteiger partial charge in [-0.15, -0.1) is 0 Å². The maximum atomic E-state index is 12.9. The van der Waals surface area contributed by atoms with Crippen molar-refractivity contribution in [2.75, 3.05) is 13.2 Å². The van der Waals surface area contributed by atoms with Crippen molar-refractivity contribution < 1.29 is 42.9 Å². The van der Waals surface area contributed by atoms with E-state index in [2.05, 4.69) is 4.52 Å². The van der Waals surface area contributed by atoms with Crippen molar-refractivity contribution in [1.82, 2.24) is 0 Å². The quantitative estimate of drug-likeness (QED) is 0.404. The summed E-state index contributed by atoms with van der Waals surface area (Å²) in [6, 6.07) is 0. The van der Waals surface area contributed by atoms with Gasteiger partial charge < -0.3 is 29.4 Å². The van der Waals surface area contributed by atoms with E-state index in [1.54, 1.807) is 0 Å². The Morgan fingerprint density at radius 2 is 1.82 bits per heavy atom. The summed E-state index contributed by atoms with van der Waals surface area (Å²) in [6.45, 7) is -0.0834. The van der Waals surface area contributed by atoms with Crippen LogP contribution in [0, 0.1) is 0 Å². The molecule has 0 rings (SSSR count). The van der Waals surface area contributed by atoms with Gasteiger partial charge in [-0.3, -0.25) is 9.13 Å². The van der Waals surface area contributed by atoms with Gasteiger partial charge in [-0.1, -0.05) is 0 Å². The highest BCUT2D eigenvalue weighted by molar-refractivity contribution is 7.70. The van der Waals surface area contributed by atoms with E-state index in [9.17, 15) is 18.6 Å². The van der Waals surface area contributed by atoms with Crippen LogP contribution in [0.2, 0.25) is 0 Å². The van der Waals surface area contributed by atoms with Crippen LogP contribution in [0.15, 0.2) is 0 Å². The molecule has 3 unspecified atom stereocenters. The molecule has 0 aliphatic carbocycles. The van der Waals surface area contributed by atoms with E-state index in [1.165, 1.54) is 6.92 Å². The van der Waals surface area contributed by atoms with Gasteiger partial charge in [-0.05, 0) is 6.92 Å². The number of alkyl halides is 1. The Labute approximate surface area is 96.7 Å². The molecule has 0 spiro atoms. The normalized spacial score (nSPS) is 21.6. The fraction of sp³-hybridized carbons (Fsp3) is 1.00. The predicted molar refractivity (Wildman–Crippen MR) is 55.0 cm³/mol. The van der Waals surface area contributed by atoms with Gasteiger partial charge in [0, 0.05) is 6.42 Å². The van der Waals surface area contributed by atoms with E-state index in [0.29, 0.717) is 0 Å². The standard InChI is InChI=1S/C6H15FO8P2/c1-6(9,4-8)2-3-15-17(13,14)5(7)16(10,11)12/h5,8-9H,2-4H2,1H3,(H,13,14)(H2,10,11,12). The average Bonchev–Trinajstić information content (AvgIpc) is 2.14. The summed E-state index contributed by atoms with van der Waals surface area (Å²) in [5, 5.41) is 17.9. The molecule has 0 fully saturated rings. The highest BCUT2D eigenvalue weighted by Crippen LogP contribution is 2.63. The molecule has 0 heterocycles. The van der Waals surface area contributed by atoms with Gasteiger partial charge >= 0.3 is 15.2 Å². The molecule has 3 atom stereocenters. The lowest BCUT2D eigenvalue weighted by Gasteiger charge is -2.22. The van der Waals surface area contributed by atoms with Crippen LogP contribution in [0.25, 0.3) is 0 Å². The van der Waals surface area contributed by atoms with Gasteiger partial charge in [0.05, 0.1) is 18.8 Å². The van der Waals surface area contributed by atoms with Crippen molar-refractivity contribution in [2.45, 2.75) is 24.6 Å². The molecule has 0 aliphatic rings. The molecule has 0 aromatic carbocycles. The van der Waals surface area contributed by atoms with Gasteiger partial charge in [0.2, 0.25) is 0 Å². The molecule has 0 aromatic rings. The predicted octanol–water partition coefficient (Wildman–Crippen LogP) is -0.247. The number of halogens is 1. The van der Waals surface area contributed by atoms with Crippen LogP contribution in [-0.4, -0.2) is 49.4 Å². The SMILES string of the molecule is CC(O)(CO)CCOP(=O)(O)C(F)P(=O)(O)O. The van der Waals surface area contributed by atoms with Crippen LogP contribution in [0.4, 0.5) is 4.39 Å². The second-order valence-corrected chi connectivity index (χ2v) is 7.58. The van der Waals surface area contributed by atoms with Crippen LogP contribution in [0.5, 0.6) is 0 Å². The third-order valence-electron chi connectivity index (χ3n) is 1.80. The summed E-state index contributed by atoms with van der Waals surface area (Å²) in [7, 11) is -10.5. The minimum absolute atomic E-state index is 0.304. The Morgan fingerprint density at radius 1 is 1.35 bits per heavy atom. The average molecular weight is 296 g/mol. The van der Waals surface area contributed by atoms with Crippen molar-refractivity contribution in [1.29, 1.82) is 0 Å². The van der Waals surface area contributed by atoms with Gasteiger partial charge in [-0.25, -0.2) is 4.39 Å². The lowest BCUT2D eigenvalue weighted by Crippen LogP contribution is -2.30. The van der Waals surface area contributed by atoms with E-state index < -0.39 is 39.7 Å². The third kappa shape index (κ3) is 6.03. The Kier molecular flexibility index (Phi) is 5.91. The van der Waals surface area contributed by atoms with Crippen molar-refractivity contribution in [3.8, 4) is 0 Å². The summed E-state index contributed by atoms with van der Waals surface area (Å²) in [4.78, 5) is 25.6. The first-order valence-electron chi connectivity index (χ1n) is 4.42. The second-order valence-electron chi connectivity index (χ2n) is 3.70. The molecule has 0 bridgehead atoms. The summed E-state index contributed by atoms with van der Waals surface area (Å²) in [6.07, 6.45) is -0.304. The van der Waals surface area contributed by atoms with Crippen LogP contribution in [-0.2, 0) is 13.7 Å². The Morgan fingerprint density at radius 3 is 2.18 bits per heavy atom. The summed E-state index contributed by atoms with van der Waals surface area (Å²) in [5.74, 6) is 0. The Bertz CT molecular complexity index is 339. The van der Waals surface area contributed by atoms with Gasteiger partial charge in [0.1, 0.15) is 0 Å². The smallest absolute Gasteiger partial charge is 0.374 e. The zero-order chi connectivity index (χ0) is 13.9. The summed E-state index contributed by atoms with van der Waals surface area (Å²) >= 11 is 0. The third-order valence-corrected chi connectivity index (χ3v) is 5.23. The first-order chi connectivity index (χ1) is 7.42. The maximum Gasteiger partial charge on any atom is 0.374 e.